The monoisotopic (exact) mass is 523 g/mol. The minimum atomic E-state index is -0.385. The molecule has 0 amide bonds. The van der Waals surface area contributed by atoms with Crippen LogP contribution in [0.4, 0.5) is 10.2 Å². The van der Waals surface area contributed by atoms with Gasteiger partial charge in [-0.1, -0.05) is 35.9 Å². The molecule has 0 bridgehead atoms. The van der Waals surface area contributed by atoms with Crippen LogP contribution in [0.2, 0.25) is 5.02 Å². The molecule has 1 aliphatic heterocycles. The van der Waals surface area contributed by atoms with E-state index in [0.29, 0.717) is 29.1 Å². The zero-order chi connectivity index (χ0) is 25.8. The lowest BCUT2D eigenvalue weighted by molar-refractivity contribution is 0.166. The quantitative estimate of drug-likeness (QED) is 0.302. The van der Waals surface area contributed by atoms with E-state index in [-0.39, 0.29) is 12.4 Å². The van der Waals surface area contributed by atoms with Gasteiger partial charge >= 0.3 is 0 Å². The number of anilines is 1. The Bertz CT molecular complexity index is 1360. The zero-order valence-corrected chi connectivity index (χ0v) is 21.9. The second-order valence-corrected chi connectivity index (χ2v) is 9.72. The molecule has 9 heteroatoms. The molecular weight excluding hydrogens is 493 g/mol. The van der Waals surface area contributed by atoms with Crippen LogP contribution in [0.5, 0.6) is 5.88 Å². The summed E-state index contributed by atoms with van der Waals surface area (Å²) < 4.78 is 27.5. The highest BCUT2D eigenvalue weighted by atomic mass is 35.5. The highest BCUT2D eigenvalue weighted by Gasteiger charge is 2.26. The molecule has 7 nitrogen and oxygen atoms in total. The number of ether oxygens (including phenoxy) is 2. The van der Waals surface area contributed by atoms with Gasteiger partial charge in [0.1, 0.15) is 24.1 Å². The van der Waals surface area contributed by atoms with Crippen LogP contribution < -0.4 is 9.64 Å². The molecule has 1 fully saturated rings. The Labute approximate surface area is 221 Å². The number of hydrogen-bond acceptors (Lipinski definition) is 6. The number of halogens is 2. The van der Waals surface area contributed by atoms with Gasteiger partial charge in [-0.3, -0.25) is 4.90 Å². The van der Waals surface area contributed by atoms with Gasteiger partial charge in [-0.2, -0.15) is 4.98 Å². The summed E-state index contributed by atoms with van der Waals surface area (Å²) >= 11 is 5.84. The van der Waals surface area contributed by atoms with E-state index in [1.165, 1.54) is 6.07 Å². The van der Waals surface area contributed by atoms with E-state index in [1.807, 2.05) is 18.2 Å². The van der Waals surface area contributed by atoms with E-state index >= 15 is 0 Å². The van der Waals surface area contributed by atoms with E-state index < -0.39 is 0 Å². The molecule has 2 aromatic carbocycles. The van der Waals surface area contributed by atoms with Crippen LogP contribution in [0.3, 0.4) is 0 Å². The maximum absolute atomic E-state index is 14.1. The van der Waals surface area contributed by atoms with Crippen molar-refractivity contribution in [1.82, 2.24) is 19.4 Å². The van der Waals surface area contributed by atoms with E-state index in [4.69, 9.17) is 26.1 Å². The molecule has 0 saturated carbocycles. The maximum atomic E-state index is 14.1. The molecule has 0 unspecified atom stereocenters. The molecule has 0 radical (unpaired) electrons. The zero-order valence-electron chi connectivity index (χ0n) is 21.1. The van der Waals surface area contributed by atoms with E-state index in [1.54, 1.807) is 25.3 Å². The first-order valence-corrected chi connectivity index (χ1v) is 12.9. The first kappa shape index (κ1) is 25.4. The first-order valence-electron chi connectivity index (χ1n) is 12.5. The van der Waals surface area contributed by atoms with Crippen LogP contribution in [0.1, 0.15) is 18.3 Å². The summed E-state index contributed by atoms with van der Waals surface area (Å²) in [5, 5.41) is 0.363. The first-order chi connectivity index (χ1) is 18.0. The molecule has 2 aromatic heterocycles. The Morgan fingerprint density at radius 3 is 2.73 bits per heavy atom. The number of pyridine rings is 1. The van der Waals surface area contributed by atoms with Crippen molar-refractivity contribution in [3.8, 4) is 5.88 Å². The number of imidazole rings is 1. The van der Waals surface area contributed by atoms with Crippen LogP contribution in [-0.2, 0) is 24.4 Å². The average Bonchev–Trinajstić information content (AvgIpc) is 3.25. The van der Waals surface area contributed by atoms with Crippen molar-refractivity contribution in [2.24, 2.45) is 0 Å². The van der Waals surface area contributed by atoms with Crippen LogP contribution in [0.15, 0.2) is 60.7 Å². The van der Waals surface area contributed by atoms with Crippen molar-refractivity contribution in [2.75, 3.05) is 38.3 Å². The summed E-state index contributed by atoms with van der Waals surface area (Å²) in [6.07, 6.45) is 0. The predicted octanol–water partition coefficient (Wildman–Crippen LogP) is 5.16. The third-order valence-corrected chi connectivity index (χ3v) is 7.02. The van der Waals surface area contributed by atoms with Crippen molar-refractivity contribution in [3.63, 3.8) is 0 Å². The number of nitrogens with zero attached hydrogens (tertiary/aromatic N) is 5. The molecule has 194 valence electrons. The lowest BCUT2D eigenvalue weighted by Crippen LogP contribution is -2.52. The Morgan fingerprint density at radius 1 is 1.05 bits per heavy atom. The number of para-hydroxylation sites is 2. The standard InChI is InChI=1S/C28H31ClFN5O2/c1-20-17-34(26-8-5-9-28(32-26)37-19-21-10-11-22(29)16-23(21)30)13-12-33(20)18-27-31-24-6-3-4-7-25(24)35(27)14-15-36-2/h3-11,16,20H,12-15,17-19H2,1-2H3/t20-/m1/s1. The van der Waals surface area contributed by atoms with Crippen molar-refractivity contribution in [2.45, 2.75) is 32.7 Å². The van der Waals surface area contributed by atoms with Gasteiger partial charge in [0.15, 0.2) is 0 Å². The molecule has 0 N–H and O–H groups in total. The minimum absolute atomic E-state index is 0.0910. The van der Waals surface area contributed by atoms with Crippen LogP contribution in [0.25, 0.3) is 11.0 Å². The lowest BCUT2D eigenvalue weighted by Gasteiger charge is -2.40. The molecule has 5 rings (SSSR count). The molecule has 37 heavy (non-hydrogen) atoms. The molecular formula is C28H31ClFN5O2. The van der Waals surface area contributed by atoms with E-state index in [2.05, 4.69) is 44.5 Å². The Morgan fingerprint density at radius 2 is 1.92 bits per heavy atom. The van der Waals surface area contributed by atoms with Crippen LogP contribution in [-0.4, -0.2) is 58.8 Å². The van der Waals surface area contributed by atoms with Gasteiger partial charge in [-0.15, -0.1) is 0 Å². The number of hydrogen-bond donors (Lipinski definition) is 0. The average molecular weight is 524 g/mol. The van der Waals surface area contributed by atoms with Gasteiger partial charge in [0.25, 0.3) is 0 Å². The van der Waals surface area contributed by atoms with Gasteiger partial charge in [0, 0.05) is 56.0 Å². The summed E-state index contributed by atoms with van der Waals surface area (Å²) in [5.74, 6) is 1.99. The maximum Gasteiger partial charge on any atom is 0.215 e. The highest BCUT2D eigenvalue weighted by Crippen LogP contribution is 2.24. The fourth-order valence-electron chi connectivity index (χ4n) is 4.75. The topological polar surface area (TPSA) is 55.7 Å². The van der Waals surface area contributed by atoms with Crippen LogP contribution in [0, 0.1) is 5.82 Å². The van der Waals surface area contributed by atoms with Crippen molar-refractivity contribution in [1.29, 1.82) is 0 Å². The van der Waals surface area contributed by atoms with Gasteiger partial charge in [0.05, 0.1) is 24.2 Å². The summed E-state index contributed by atoms with van der Waals surface area (Å²) in [5.41, 5.74) is 2.59. The fourth-order valence-corrected chi connectivity index (χ4v) is 4.91. The number of rotatable bonds is 9. The largest absolute Gasteiger partial charge is 0.473 e. The number of fused-ring (bicyclic) bond motifs is 1. The van der Waals surface area contributed by atoms with E-state index in [0.717, 1.165) is 55.4 Å². The lowest BCUT2D eigenvalue weighted by atomic mass is 10.2. The number of aromatic nitrogens is 3. The summed E-state index contributed by atoms with van der Waals surface area (Å²) in [6.45, 7) is 7.08. The summed E-state index contributed by atoms with van der Waals surface area (Å²) in [4.78, 5) is 14.3. The second kappa shape index (κ2) is 11.5. The Kier molecular flexibility index (Phi) is 7.88. The van der Waals surface area contributed by atoms with Gasteiger partial charge in [-0.05, 0) is 37.3 Å². The van der Waals surface area contributed by atoms with Gasteiger partial charge in [-0.25, -0.2) is 9.37 Å². The van der Waals surface area contributed by atoms with Crippen molar-refractivity contribution < 1.29 is 13.9 Å². The summed E-state index contributed by atoms with van der Waals surface area (Å²) in [6, 6.07) is 18.8. The molecule has 1 atom stereocenters. The summed E-state index contributed by atoms with van der Waals surface area (Å²) in [7, 11) is 1.73. The smallest absolute Gasteiger partial charge is 0.215 e. The van der Waals surface area contributed by atoms with Crippen molar-refractivity contribution in [3.05, 3.63) is 82.9 Å². The molecule has 1 saturated heterocycles. The molecule has 3 heterocycles. The SMILES string of the molecule is COCCn1c(CN2CCN(c3cccc(OCc4ccc(Cl)cc4F)n3)C[C@H]2C)nc2ccccc21. The molecule has 0 spiro atoms. The third-order valence-electron chi connectivity index (χ3n) is 6.79. The highest BCUT2D eigenvalue weighted by molar-refractivity contribution is 6.30. The van der Waals surface area contributed by atoms with Gasteiger partial charge in [0.2, 0.25) is 5.88 Å². The van der Waals surface area contributed by atoms with Crippen molar-refractivity contribution >= 4 is 28.5 Å². The second-order valence-electron chi connectivity index (χ2n) is 9.29. The van der Waals surface area contributed by atoms with E-state index in [9.17, 15) is 4.39 Å². The number of methoxy groups -OCH3 is 1. The molecule has 4 aromatic rings. The Hall–Kier alpha value is -3.20. The minimum Gasteiger partial charge on any atom is -0.473 e. The molecule has 0 aliphatic carbocycles. The van der Waals surface area contributed by atoms with Crippen LogP contribution >= 0.6 is 11.6 Å². The fraction of sp³-hybridized carbons (Fsp3) is 0.357. The normalized spacial score (nSPS) is 16.4. The predicted molar refractivity (Wildman–Crippen MR) is 144 cm³/mol. The Balaban J connectivity index is 1.24. The molecule has 1 aliphatic rings. The number of benzene rings is 2. The van der Waals surface area contributed by atoms with Gasteiger partial charge < -0.3 is 18.9 Å². The third kappa shape index (κ3) is 5.87. The number of piperazine rings is 1.